The molecule has 0 unspecified atom stereocenters. The second-order valence-electron chi connectivity index (χ2n) is 4.68. The maximum atomic E-state index is 5.98. The number of hydrogen-bond acceptors (Lipinski definition) is 4. The van der Waals surface area contributed by atoms with Gasteiger partial charge in [-0.1, -0.05) is 48.4 Å². The van der Waals surface area contributed by atoms with Gasteiger partial charge in [0.1, 0.15) is 10.0 Å². The number of benzene rings is 1. The van der Waals surface area contributed by atoms with Crippen molar-refractivity contribution in [3.05, 3.63) is 33.3 Å². The van der Waals surface area contributed by atoms with Crippen LogP contribution in [0.1, 0.15) is 18.9 Å². The molecule has 6 heteroatoms. The lowest BCUT2D eigenvalue weighted by molar-refractivity contribution is 0.550. The van der Waals surface area contributed by atoms with E-state index in [0.717, 1.165) is 28.7 Å². The number of halogens is 2. The summed E-state index contributed by atoms with van der Waals surface area (Å²) >= 11 is 13.5. The average molecular weight is 316 g/mol. The fourth-order valence-electron chi connectivity index (χ4n) is 1.59. The van der Waals surface area contributed by atoms with Crippen molar-refractivity contribution in [2.45, 2.75) is 20.4 Å². The van der Waals surface area contributed by atoms with Crippen LogP contribution in [0.4, 0.5) is 0 Å². The number of rotatable bonds is 5. The first-order valence-electron chi connectivity index (χ1n) is 6.04. The summed E-state index contributed by atoms with van der Waals surface area (Å²) < 4.78 is 0. The third-order valence-corrected chi connectivity index (χ3v) is 3.81. The van der Waals surface area contributed by atoms with Crippen LogP contribution in [0.15, 0.2) is 18.2 Å². The molecule has 0 amide bonds. The maximum absolute atomic E-state index is 5.98. The minimum absolute atomic E-state index is 0.609. The van der Waals surface area contributed by atoms with Crippen LogP contribution in [0.3, 0.4) is 0 Å². The Morgan fingerprint density at radius 3 is 2.47 bits per heavy atom. The normalized spacial score (nSPS) is 11.2. The summed E-state index contributed by atoms with van der Waals surface area (Å²) in [4.78, 5) is 0. The lowest BCUT2D eigenvalue weighted by Gasteiger charge is -2.04. The van der Waals surface area contributed by atoms with E-state index in [4.69, 9.17) is 23.2 Å². The highest BCUT2D eigenvalue weighted by molar-refractivity contribution is 7.14. The fourth-order valence-corrected chi connectivity index (χ4v) is 2.91. The zero-order valence-corrected chi connectivity index (χ0v) is 13.1. The van der Waals surface area contributed by atoms with Crippen molar-refractivity contribution in [3.8, 4) is 10.6 Å². The minimum Gasteiger partial charge on any atom is -0.310 e. The molecule has 0 aliphatic carbocycles. The van der Waals surface area contributed by atoms with Gasteiger partial charge in [-0.3, -0.25) is 0 Å². The molecule has 0 spiro atoms. The lowest BCUT2D eigenvalue weighted by atomic mass is 10.2. The summed E-state index contributed by atoms with van der Waals surface area (Å²) in [6, 6.07) is 5.40. The Morgan fingerprint density at radius 2 is 1.84 bits per heavy atom. The third kappa shape index (κ3) is 4.42. The molecule has 0 saturated carbocycles. The van der Waals surface area contributed by atoms with Crippen molar-refractivity contribution >= 4 is 34.5 Å². The molecule has 1 N–H and O–H groups in total. The molecule has 1 heterocycles. The number of hydrogen-bond donors (Lipinski definition) is 1. The van der Waals surface area contributed by atoms with E-state index >= 15 is 0 Å². The van der Waals surface area contributed by atoms with Crippen LogP contribution in [-0.2, 0) is 6.54 Å². The Labute approximate surface area is 127 Å². The molecule has 1 aromatic heterocycles. The van der Waals surface area contributed by atoms with Crippen molar-refractivity contribution < 1.29 is 0 Å². The molecule has 0 aliphatic heterocycles. The summed E-state index contributed by atoms with van der Waals surface area (Å²) in [6.45, 7) is 6.06. The highest BCUT2D eigenvalue weighted by Crippen LogP contribution is 2.29. The van der Waals surface area contributed by atoms with Crippen LogP contribution in [0.5, 0.6) is 0 Å². The van der Waals surface area contributed by atoms with Gasteiger partial charge >= 0.3 is 0 Å². The van der Waals surface area contributed by atoms with Gasteiger partial charge in [-0.15, -0.1) is 10.2 Å². The zero-order valence-electron chi connectivity index (χ0n) is 10.8. The molecular weight excluding hydrogens is 301 g/mol. The topological polar surface area (TPSA) is 37.8 Å². The predicted octanol–water partition coefficient (Wildman–Crippen LogP) is 4.26. The molecule has 0 aliphatic rings. The van der Waals surface area contributed by atoms with Crippen LogP contribution in [0.2, 0.25) is 10.0 Å². The molecule has 19 heavy (non-hydrogen) atoms. The van der Waals surface area contributed by atoms with E-state index in [-0.39, 0.29) is 0 Å². The van der Waals surface area contributed by atoms with Crippen molar-refractivity contribution in [1.82, 2.24) is 15.5 Å². The van der Waals surface area contributed by atoms with Gasteiger partial charge in [-0.2, -0.15) is 0 Å². The maximum Gasteiger partial charge on any atom is 0.147 e. The van der Waals surface area contributed by atoms with Crippen LogP contribution in [-0.4, -0.2) is 16.7 Å². The second-order valence-corrected chi connectivity index (χ2v) is 6.62. The van der Waals surface area contributed by atoms with Crippen molar-refractivity contribution in [2.75, 3.05) is 6.54 Å². The number of nitrogens with zero attached hydrogens (tertiary/aromatic N) is 2. The van der Waals surface area contributed by atoms with Gasteiger partial charge in [0.15, 0.2) is 0 Å². The fraction of sp³-hybridized carbons (Fsp3) is 0.385. The third-order valence-electron chi connectivity index (χ3n) is 2.41. The van der Waals surface area contributed by atoms with Crippen LogP contribution in [0.25, 0.3) is 10.6 Å². The monoisotopic (exact) mass is 315 g/mol. The summed E-state index contributed by atoms with van der Waals surface area (Å²) in [5.74, 6) is 0.624. The summed E-state index contributed by atoms with van der Waals surface area (Å²) in [7, 11) is 0. The lowest BCUT2D eigenvalue weighted by Crippen LogP contribution is -2.18. The predicted molar refractivity (Wildman–Crippen MR) is 81.9 cm³/mol. The molecule has 1 aromatic carbocycles. The molecule has 0 saturated heterocycles. The summed E-state index contributed by atoms with van der Waals surface area (Å²) in [6.07, 6.45) is 0. The molecule has 0 radical (unpaired) electrons. The smallest absolute Gasteiger partial charge is 0.147 e. The van der Waals surface area contributed by atoms with Crippen molar-refractivity contribution in [2.24, 2.45) is 5.92 Å². The number of aromatic nitrogens is 2. The molecule has 2 aromatic rings. The second kappa shape index (κ2) is 6.66. The van der Waals surface area contributed by atoms with E-state index in [1.807, 2.05) is 12.1 Å². The Hall–Kier alpha value is -0.680. The quantitative estimate of drug-likeness (QED) is 0.896. The van der Waals surface area contributed by atoms with E-state index in [0.29, 0.717) is 16.0 Å². The van der Waals surface area contributed by atoms with E-state index in [1.165, 1.54) is 0 Å². The van der Waals surface area contributed by atoms with Crippen LogP contribution < -0.4 is 5.32 Å². The zero-order chi connectivity index (χ0) is 13.8. The largest absolute Gasteiger partial charge is 0.310 e. The molecule has 0 atom stereocenters. The summed E-state index contributed by atoms with van der Waals surface area (Å²) in [5, 5.41) is 14.7. The SMILES string of the molecule is CC(C)CNCc1nnc(-c2cc(Cl)cc(Cl)c2)s1. The Balaban J connectivity index is 2.07. The molecular formula is C13H15Cl2N3S. The van der Waals surface area contributed by atoms with Gasteiger partial charge in [-0.25, -0.2) is 0 Å². The van der Waals surface area contributed by atoms with Gasteiger partial charge in [0.2, 0.25) is 0 Å². The van der Waals surface area contributed by atoms with Crippen LogP contribution in [0, 0.1) is 5.92 Å². The first-order chi connectivity index (χ1) is 9.04. The summed E-state index contributed by atoms with van der Waals surface area (Å²) in [5.41, 5.74) is 0.908. The van der Waals surface area contributed by atoms with E-state index < -0.39 is 0 Å². The molecule has 0 fully saturated rings. The van der Waals surface area contributed by atoms with Gasteiger partial charge in [0, 0.05) is 22.2 Å². The molecule has 102 valence electrons. The molecule has 0 bridgehead atoms. The Bertz CT molecular complexity index is 534. The highest BCUT2D eigenvalue weighted by atomic mass is 35.5. The van der Waals surface area contributed by atoms with E-state index in [9.17, 15) is 0 Å². The van der Waals surface area contributed by atoms with E-state index in [1.54, 1.807) is 17.4 Å². The van der Waals surface area contributed by atoms with Gasteiger partial charge in [0.25, 0.3) is 0 Å². The molecule has 3 nitrogen and oxygen atoms in total. The van der Waals surface area contributed by atoms with Gasteiger partial charge in [0.05, 0.1) is 0 Å². The first-order valence-corrected chi connectivity index (χ1v) is 7.61. The Kier molecular flexibility index (Phi) is 5.16. The van der Waals surface area contributed by atoms with Crippen LogP contribution >= 0.6 is 34.5 Å². The van der Waals surface area contributed by atoms with E-state index in [2.05, 4.69) is 29.4 Å². The van der Waals surface area contributed by atoms with Gasteiger partial charge < -0.3 is 5.32 Å². The number of nitrogens with one attached hydrogen (secondary N) is 1. The highest BCUT2D eigenvalue weighted by Gasteiger charge is 2.08. The first kappa shape index (κ1) is 14.7. The minimum atomic E-state index is 0.609. The average Bonchev–Trinajstić information content (AvgIpc) is 2.76. The molecule has 2 rings (SSSR count). The van der Waals surface area contributed by atoms with Crippen molar-refractivity contribution in [1.29, 1.82) is 0 Å². The van der Waals surface area contributed by atoms with Gasteiger partial charge in [-0.05, 0) is 30.7 Å². The Morgan fingerprint density at radius 1 is 1.16 bits per heavy atom. The van der Waals surface area contributed by atoms with Crippen molar-refractivity contribution in [3.63, 3.8) is 0 Å². The standard InChI is InChI=1S/C13H15Cl2N3S/c1-8(2)6-16-7-12-17-18-13(19-12)9-3-10(14)5-11(15)4-9/h3-5,8,16H,6-7H2,1-2H3.